The number of ether oxygens (including phenoxy) is 2. The predicted octanol–water partition coefficient (Wildman–Crippen LogP) is 4.64. The minimum atomic E-state index is -4.68. The first-order chi connectivity index (χ1) is 14.3. The number of hydrogen-bond donors (Lipinski definition) is 1. The molecule has 0 spiro atoms. The Bertz CT molecular complexity index is 1090. The van der Waals surface area contributed by atoms with E-state index in [9.17, 15) is 26.4 Å². The van der Waals surface area contributed by atoms with Crippen LogP contribution in [0.3, 0.4) is 0 Å². The van der Waals surface area contributed by atoms with Crippen LogP contribution in [-0.4, -0.2) is 33.3 Å². The quantitative estimate of drug-likeness (QED) is 0.724. The zero-order chi connectivity index (χ0) is 23.0. The van der Waals surface area contributed by atoms with Crippen molar-refractivity contribution in [3.8, 4) is 5.75 Å². The van der Waals surface area contributed by atoms with Crippen molar-refractivity contribution in [2.75, 3.05) is 22.8 Å². The second-order valence-corrected chi connectivity index (χ2v) is 9.62. The summed E-state index contributed by atoms with van der Waals surface area (Å²) in [6.45, 7) is 4.98. The standard InChI is InChI=1S/C20H21F3N2O5S/c1-19(2,3)30-18(26)24-14-7-8-17-16(12-14)25(9-10-29-17)31(27,28)15-6-4-5-13(11-15)20(21,22)23/h4-8,11-12H,9-10H2,1-3H3,(H,24,26). The lowest BCUT2D eigenvalue weighted by molar-refractivity contribution is -0.137. The van der Waals surface area contributed by atoms with Gasteiger partial charge in [-0.15, -0.1) is 0 Å². The van der Waals surface area contributed by atoms with Crippen molar-refractivity contribution in [1.82, 2.24) is 0 Å². The van der Waals surface area contributed by atoms with Crippen LogP contribution < -0.4 is 14.4 Å². The highest BCUT2D eigenvalue weighted by molar-refractivity contribution is 7.92. The predicted molar refractivity (Wildman–Crippen MR) is 108 cm³/mol. The van der Waals surface area contributed by atoms with Gasteiger partial charge in [0.05, 0.1) is 22.7 Å². The normalized spacial score (nSPS) is 14.5. The van der Waals surface area contributed by atoms with Gasteiger partial charge in [-0.05, 0) is 57.2 Å². The summed E-state index contributed by atoms with van der Waals surface area (Å²) in [5, 5.41) is 2.50. The van der Waals surface area contributed by atoms with E-state index < -0.39 is 38.4 Å². The van der Waals surface area contributed by atoms with Crippen molar-refractivity contribution >= 4 is 27.5 Å². The van der Waals surface area contributed by atoms with Crippen molar-refractivity contribution < 1.29 is 35.9 Å². The molecular formula is C20H21F3N2O5S. The van der Waals surface area contributed by atoms with E-state index in [1.165, 1.54) is 18.2 Å². The SMILES string of the molecule is CC(C)(C)OC(=O)Nc1ccc2c(c1)N(S(=O)(=O)c1cccc(C(F)(F)F)c1)CCO2. The average molecular weight is 458 g/mol. The molecule has 0 aliphatic carbocycles. The molecule has 1 N–H and O–H groups in total. The van der Waals surface area contributed by atoms with Crippen LogP contribution >= 0.6 is 0 Å². The summed E-state index contributed by atoms with van der Waals surface area (Å²) < 4.78 is 77.0. The maximum absolute atomic E-state index is 13.1. The topological polar surface area (TPSA) is 84.9 Å². The summed E-state index contributed by atoms with van der Waals surface area (Å²) in [5.74, 6) is 0.219. The number of carbonyl (C=O) groups is 1. The lowest BCUT2D eigenvalue weighted by atomic mass is 10.2. The first-order valence-corrected chi connectivity index (χ1v) is 10.7. The number of alkyl halides is 3. The molecule has 0 saturated heterocycles. The van der Waals surface area contributed by atoms with Gasteiger partial charge in [0.15, 0.2) is 0 Å². The molecule has 2 aromatic carbocycles. The zero-order valence-electron chi connectivity index (χ0n) is 17.0. The Morgan fingerprint density at radius 1 is 1.13 bits per heavy atom. The Morgan fingerprint density at radius 2 is 1.84 bits per heavy atom. The molecule has 3 rings (SSSR count). The van der Waals surface area contributed by atoms with Crippen molar-refractivity contribution in [2.45, 2.75) is 37.4 Å². The van der Waals surface area contributed by atoms with E-state index in [1.54, 1.807) is 20.8 Å². The van der Waals surface area contributed by atoms with Crippen LogP contribution in [0.5, 0.6) is 5.75 Å². The molecule has 0 saturated carbocycles. The molecule has 0 fully saturated rings. The molecule has 0 unspecified atom stereocenters. The highest BCUT2D eigenvalue weighted by atomic mass is 32.2. The Balaban J connectivity index is 1.96. The molecule has 1 heterocycles. The van der Waals surface area contributed by atoms with Crippen LogP contribution in [0.4, 0.5) is 29.3 Å². The van der Waals surface area contributed by atoms with Crippen LogP contribution in [-0.2, 0) is 20.9 Å². The lowest BCUT2D eigenvalue weighted by Crippen LogP contribution is -2.38. The summed E-state index contributed by atoms with van der Waals surface area (Å²) in [4.78, 5) is 11.5. The Hall–Kier alpha value is -2.95. The number of anilines is 2. The Morgan fingerprint density at radius 3 is 2.48 bits per heavy atom. The molecule has 0 radical (unpaired) electrons. The maximum atomic E-state index is 13.1. The molecule has 1 aliphatic rings. The minimum Gasteiger partial charge on any atom is -0.489 e. The van der Waals surface area contributed by atoms with Crippen LogP contribution in [0, 0.1) is 0 Å². The number of nitrogens with one attached hydrogen (secondary N) is 1. The number of sulfonamides is 1. The second-order valence-electron chi connectivity index (χ2n) is 7.76. The summed E-state index contributed by atoms with van der Waals surface area (Å²) in [5.41, 5.74) is -1.47. The van der Waals surface area contributed by atoms with Gasteiger partial charge in [0.25, 0.3) is 10.0 Å². The number of carbonyl (C=O) groups excluding carboxylic acids is 1. The van der Waals surface area contributed by atoms with E-state index in [0.29, 0.717) is 6.07 Å². The smallest absolute Gasteiger partial charge is 0.416 e. The van der Waals surface area contributed by atoms with Crippen molar-refractivity contribution in [1.29, 1.82) is 0 Å². The van der Waals surface area contributed by atoms with Gasteiger partial charge in [-0.1, -0.05) is 6.07 Å². The van der Waals surface area contributed by atoms with Crippen molar-refractivity contribution in [3.63, 3.8) is 0 Å². The number of halogens is 3. The first kappa shape index (κ1) is 22.7. The van der Waals surface area contributed by atoms with Gasteiger partial charge in [-0.3, -0.25) is 9.62 Å². The summed E-state index contributed by atoms with van der Waals surface area (Å²) in [6, 6.07) is 7.87. The van der Waals surface area contributed by atoms with Crippen molar-refractivity contribution in [2.24, 2.45) is 0 Å². The molecular weight excluding hydrogens is 437 g/mol. The number of nitrogens with zero attached hydrogens (tertiary/aromatic N) is 1. The monoisotopic (exact) mass is 458 g/mol. The van der Waals surface area contributed by atoms with Crippen LogP contribution in [0.2, 0.25) is 0 Å². The molecule has 1 aliphatic heterocycles. The average Bonchev–Trinajstić information content (AvgIpc) is 2.65. The maximum Gasteiger partial charge on any atom is 0.416 e. The Kier molecular flexibility index (Phi) is 5.83. The fraction of sp³-hybridized carbons (Fsp3) is 0.350. The fourth-order valence-corrected chi connectivity index (χ4v) is 4.40. The van der Waals surface area contributed by atoms with Crippen molar-refractivity contribution in [3.05, 3.63) is 48.0 Å². The largest absolute Gasteiger partial charge is 0.489 e. The van der Waals surface area contributed by atoms with E-state index in [-0.39, 0.29) is 30.3 Å². The molecule has 0 aromatic heterocycles. The van der Waals surface area contributed by atoms with Gasteiger partial charge in [0.1, 0.15) is 18.0 Å². The summed E-state index contributed by atoms with van der Waals surface area (Å²) >= 11 is 0. The third-order valence-corrected chi connectivity index (χ3v) is 5.98. The van der Waals surface area contributed by atoms with Gasteiger partial charge < -0.3 is 9.47 Å². The number of fused-ring (bicyclic) bond motifs is 1. The van der Waals surface area contributed by atoms with Gasteiger partial charge in [0.2, 0.25) is 0 Å². The minimum absolute atomic E-state index is 0.0179. The van der Waals surface area contributed by atoms with Gasteiger partial charge >= 0.3 is 12.3 Å². The third-order valence-electron chi connectivity index (χ3n) is 4.17. The first-order valence-electron chi connectivity index (χ1n) is 9.24. The van der Waals surface area contributed by atoms with E-state index in [4.69, 9.17) is 9.47 Å². The number of amides is 1. The van der Waals surface area contributed by atoms with Crippen LogP contribution in [0.1, 0.15) is 26.3 Å². The third kappa shape index (κ3) is 5.22. The van der Waals surface area contributed by atoms with Gasteiger partial charge in [-0.2, -0.15) is 13.2 Å². The molecule has 11 heteroatoms. The van der Waals surface area contributed by atoms with E-state index >= 15 is 0 Å². The molecule has 31 heavy (non-hydrogen) atoms. The second kappa shape index (κ2) is 7.95. The lowest BCUT2D eigenvalue weighted by Gasteiger charge is -2.31. The fourth-order valence-electron chi connectivity index (χ4n) is 2.90. The summed E-state index contributed by atoms with van der Waals surface area (Å²) in [7, 11) is -4.32. The molecule has 7 nitrogen and oxygen atoms in total. The molecule has 2 aromatic rings. The van der Waals surface area contributed by atoms with E-state index in [0.717, 1.165) is 22.5 Å². The number of benzene rings is 2. The highest BCUT2D eigenvalue weighted by Crippen LogP contribution is 2.38. The number of hydrogen-bond acceptors (Lipinski definition) is 5. The van der Waals surface area contributed by atoms with Gasteiger partial charge in [0, 0.05) is 5.69 Å². The van der Waals surface area contributed by atoms with Crippen LogP contribution in [0.25, 0.3) is 0 Å². The zero-order valence-corrected chi connectivity index (χ0v) is 17.8. The van der Waals surface area contributed by atoms with Crippen LogP contribution in [0.15, 0.2) is 47.4 Å². The molecule has 0 bridgehead atoms. The molecule has 1 amide bonds. The summed E-state index contributed by atoms with van der Waals surface area (Å²) in [6.07, 6.45) is -5.42. The molecule has 168 valence electrons. The Labute approximate surface area is 177 Å². The van der Waals surface area contributed by atoms with Gasteiger partial charge in [-0.25, -0.2) is 13.2 Å². The van der Waals surface area contributed by atoms with E-state index in [1.807, 2.05) is 0 Å². The molecule has 0 atom stereocenters. The van der Waals surface area contributed by atoms with E-state index in [2.05, 4.69) is 5.32 Å². The highest BCUT2D eigenvalue weighted by Gasteiger charge is 2.35. The number of rotatable bonds is 3.